The lowest BCUT2D eigenvalue weighted by atomic mass is 10.0. The number of benzene rings is 2. The van der Waals surface area contributed by atoms with Gasteiger partial charge in [0, 0.05) is 24.3 Å². The zero-order chi connectivity index (χ0) is 25.3. The van der Waals surface area contributed by atoms with Gasteiger partial charge in [-0.25, -0.2) is 8.78 Å². The largest absolute Gasteiger partial charge is 0.338 e. The second kappa shape index (κ2) is 9.77. The summed E-state index contributed by atoms with van der Waals surface area (Å²) >= 11 is 6.29. The molecule has 184 valence electrons. The van der Waals surface area contributed by atoms with E-state index in [1.165, 1.54) is 24.4 Å². The van der Waals surface area contributed by atoms with E-state index in [-0.39, 0.29) is 22.3 Å². The van der Waals surface area contributed by atoms with E-state index >= 15 is 0 Å². The predicted octanol–water partition coefficient (Wildman–Crippen LogP) is 5.92. The lowest BCUT2D eigenvalue weighted by Crippen LogP contribution is -2.39. The Bertz CT molecular complexity index is 1240. The maximum Gasteiger partial charge on any atom is 0.259 e. The van der Waals surface area contributed by atoms with Crippen molar-refractivity contribution in [2.45, 2.75) is 45.3 Å². The van der Waals surface area contributed by atoms with Crippen LogP contribution in [-0.4, -0.2) is 45.8 Å². The van der Waals surface area contributed by atoms with Gasteiger partial charge in [-0.05, 0) is 76.1 Å². The molecule has 1 aliphatic rings. The van der Waals surface area contributed by atoms with E-state index in [0.717, 1.165) is 0 Å². The third-order valence-corrected chi connectivity index (χ3v) is 6.26. The number of aromatic nitrogens is 2. The van der Waals surface area contributed by atoms with Gasteiger partial charge in [0.2, 0.25) is 0 Å². The average Bonchev–Trinajstić information content (AvgIpc) is 3.27. The van der Waals surface area contributed by atoms with E-state index in [0.29, 0.717) is 48.4 Å². The summed E-state index contributed by atoms with van der Waals surface area (Å²) in [5, 5.41) is 7.50. The summed E-state index contributed by atoms with van der Waals surface area (Å²) in [6.45, 7) is 6.51. The van der Waals surface area contributed by atoms with Crippen LogP contribution in [0.25, 0.3) is 11.3 Å². The standard InChI is InChI=1S/C26H27ClF2N4O2/c1-26(2,3)33-23(16-4-6-17(28)7-5-16)21(15-30-33)24(34)31-19-8-9-22(27)20(14-19)25(35)32-12-10-18(29)11-13-32/h4-9,14-15,18H,10-13H2,1-3H3,(H,31,34). The molecule has 1 aliphatic heterocycles. The number of likely N-dealkylation sites (tertiary alicyclic amines) is 1. The van der Waals surface area contributed by atoms with Gasteiger partial charge in [0.1, 0.15) is 12.0 Å². The van der Waals surface area contributed by atoms with Crippen LogP contribution < -0.4 is 5.32 Å². The Kier molecular flexibility index (Phi) is 6.94. The van der Waals surface area contributed by atoms with Gasteiger partial charge in [-0.15, -0.1) is 0 Å². The van der Waals surface area contributed by atoms with E-state index in [2.05, 4.69) is 10.4 Å². The molecular weight excluding hydrogens is 474 g/mol. The summed E-state index contributed by atoms with van der Waals surface area (Å²) in [6.07, 6.45) is 1.17. The number of nitrogens with one attached hydrogen (secondary N) is 1. The maximum atomic E-state index is 13.5. The number of piperidine rings is 1. The summed E-state index contributed by atoms with van der Waals surface area (Å²) < 4.78 is 28.7. The molecule has 4 rings (SSSR count). The second-order valence-electron chi connectivity index (χ2n) is 9.61. The number of carbonyl (C=O) groups is 2. The van der Waals surface area contributed by atoms with E-state index < -0.39 is 17.6 Å². The normalized spacial score (nSPS) is 14.7. The number of alkyl halides is 1. The molecule has 2 aromatic carbocycles. The molecule has 0 unspecified atom stereocenters. The Balaban J connectivity index is 1.63. The van der Waals surface area contributed by atoms with Crippen LogP contribution in [0.4, 0.5) is 14.5 Å². The molecule has 2 heterocycles. The molecule has 2 amide bonds. The highest BCUT2D eigenvalue weighted by atomic mass is 35.5. The molecule has 9 heteroatoms. The second-order valence-corrected chi connectivity index (χ2v) is 10.0. The molecule has 0 atom stereocenters. The van der Waals surface area contributed by atoms with Crippen molar-refractivity contribution >= 4 is 29.1 Å². The van der Waals surface area contributed by atoms with Crippen molar-refractivity contribution in [3.8, 4) is 11.3 Å². The van der Waals surface area contributed by atoms with E-state index in [1.807, 2.05) is 20.8 Å². The SMILES string of the molecule is CC(C)(C)n1ncc(C(=O)Nc2ccc(Cl)c(C(=O)N3CCC(F)CC3)c2)c1-c1ccc(F)cc1. The summed E-state index contributed by atoms with van der Waals surface area (Å²) in [6, 6.07) is 10.5. The third-order valence-electron chi connectivity index (χ3n) is 5.93. The van der Waals surface area contributed by atoms with E-state index in [9.17, 15) is 18.4 Å². The Morgan fingerprint density at radius 3 is 2.34 bits per heavy atom. The van der Waals surface area contributed by atoms with Crippen LogP contribution in [0.15, 0.2) is 48.7 Å². The molecule has 3 aromatic rings. The lowest BCUT2D eigenvalue weighted by Gasteiger charge is -2.29. The van der Waals surface area contributed by atoms with Crippen LogP contribution in [-0.2, 0) is 5.54 Å². The fourth-order valence-corrected chi connectivity index (χ4v) is 4.29. The minimum absolute atomic E-state index is 0.242. The quantitative estimate of drug-likeness (QED) is 0.483. The van der Waals surface area contributed by atoms with Crippen molar-refractivity contribution in [3.05, 3.63) is 70.6 Å². The highest BCUT2D eigenvalue weighted by Crippen LogP contribution is 2.30. The summed E-state index contributed by atoms with van der Waals surface area (Å²) in [4.78, 5) is 27.9. The number of rotatable bonds is 4. The zero-order valence-electron chi connectivity index (χ0n) is 19.8. The molecule has 1 fully saturated rings. The van der Waals surface area contributed by atoms with Crippen LogP contribution in [0.2, 0.25) is 5.02 Å². The minimum Gasteiger partial charge on any atom is -0.338 e. The average molecular weight is 501 g/mol. The van der Waals surface area contributed by atoms with Crippen LogP contribution in [0.1, 0.15) is 54.3 Å². The van der Waals surface area contributed by atoms with Crippen molar-refractivity contribution in [1.29, 1.82) is 0 Å². The Hall–Kier alpha value is -3.26. The first-order valence-electron chi connectivity index (χ1n) is 11.4. The molecular formula is C26H27ClF2N4O2. The van der Waals surface area contributed by atoms with Gasteiger partial charge in [-0.2, -0.15) is 5.10 Å². The van der Waals surface area contributed by atoms with Gasteiger partial charge < -0.3 is 10.2 Å². The van der Waals surface area contributed by atoms with Crippen LogP contribution >= 0.6 is 11.6 Å². The predicted molar refractivity (Wildman–Crippen MR) is 132 cm³/mol. The van der Waals surface area contributed by atoms with Crippen molar-refractivity contribution < 1.29 is 18.4 Å². The number of halogens is 3. The number of anilines is 1. The monoisotopic (exact) mass is 500 g/mol. The van der Waals surface area contributed by atoms with Crippen molar-refractivity contribution in [2.24, 2.45) is 0 Å². The third kappa shape index (κ3) is 5.37. The number of hydrogen-bond donors (Lipinski definition) is 1. The van der Waals surface area contributed by atoms with Gasteiger partial charge in [-0.3, -0.25) is 14.3 Å². The van der Waals surface area contributed by atoms with Gasteiger partial charge in [0.15, 0.2) is 0 Å². The minimum atomic E-state index is -0.899. The fraction of sp³-hybridized carbons (Fsp3) is 0.346. The topological polar surface area (TPSA) is 67.2 Å². The molecule has 0 saturated carbocycles. The summed E-state index contributed by atoms with van der Waals surface area (Å²) in [5.74, 6) is -1.11. The molecule has 6 nitrogen and oxygen atoms in total. The van der Waals surface area contributed by atoms with Crippen molar-refractivity contribution in [3.63, 3.8) is 0 Å². The summed E-state index contributed by atoms with van der Waals surface area (Å²) in [5.41, 5.74) is 1.69. The molecule has 1 N–H and O–H groups in total. The molecule has 35 heavy (non-hydrogen) atoms. The zero-order valence-corrected chi connectivity index (χ0v) is 20.6. The van der Waals surface area contributed by atoms with Crippen LogP contribution in [0, 0.1) is 5.82 Å². The number of nitrogens with zero attached hydrogens (tertiary/aromatic N) is 3. The Morgan fingerprint density at radius 1 is 1.06 bits per heavy atom. The first-order chi connectivity index (χ1) is 16.5. The molecule has 0 bridgehead atoms. The highest BCUT2D eigenvalue weighted by molar-refractivity contribution is 6.34. The van der Waals surface area contributed by atoms with Crippen molar-refractivity contribution in [2.75, 3.05) is 18.4 Å². The Morgan fingerprint density at radius 2 is 1.71 bits per heavy atom. The molecule has 0 radical (unpaired) electrons. The number of hydrogen-bond acceptors (Lipinski definition) is 3. The van der Waals surface area contributed by atoms with Gasteiger partial charge in [0.25, 0.3) is 11.8 Å². The van der Waals surface area contributed by atoms with E-state index in [1.54, 1.807) is 33.8 Å². The fourth-order valence-electron chi connectivity index (χ4n) is 4.10. The van der Waals surface area contributed by atoms with Crippen LogP contribution in [0.5, 0.6) is 0 Å². The smallest absolute Gasteiger partial charge is 0.259 e. The van der Waals surface area contributed by atoms with Crippen LogP contribution in [0.3, 0.4) is 0 Å². The Labute approximate surface area is 207 Å². The van der Waals surface area contributed by atoms with Crippen molar-refractivity contribution in [1.82, 2.24) is 14.7 Å². The van der Waals surface area contributed by atoms with Gasteiger partial charge >= 0.3 is 0 Å². The summed E-state index contributed by atoms with van der Waals surface area (Å²) in [7, 11) is 0. The van der Waals surface area contributed by atoms with E-state index in [4.69, 9.17) is 11.6 Å². The van der Waals surface area contributed by atoms with Gasteiger partial charge in [0.05, 0.1) is 33.6 Å². The molecule has 1 saturated heterocycles. The first kappa shape index (κ1) is 24.9. The number of carbonyl (C=O) groups excluding carboxylic acids is 2. The molecule has 0 spiro atoms. The maximum absolute atomic E-state index is 13.5. The molecule has 0 aliphatic carbocycles. The van der Waals surface area contributed by atoms with Gasteiger partial charge in [-0.1, -0.05) is 11.6 Å². The number of amides is 2. The lowest BCUT2D eigenvalue weighted by molar-refractivity contribution is 0.0667. The first-order valence-corrected chi connectivity index (χ1v) is 11.8. The highest BCUT2D eigenvalue weighted by Gasteiger charge is 2.27. The molecule has 1 aromatic heterocycles.